The third kappa shape index (κ3) is 7.18. The second kappa shape index (κ2) is 11.8. The Kier molecular flexibility index (Phi) is 10.1. The minimum Gasteiger partial charge on any atom is -0.461 e. The van der Waals surface area contributed by atoms with Gasteiger partial charge in [-0.2, -0.15) is 0 Å². The van der Waals surface area contributed by atoms with E-state index in [1.54, 1.807) is 20.8 Å². The summed E-state index contributed by atoms with van der Waals surface area (Å²) in [6, 6.07) is -0.583. The Bertz CT molecular complexity index is 624. The average molecular weight is 429 g/mol. The van der Waals surface area contributed by atoms with Crippen LogP contribution in [0.4, 0.5) is 9.59 Å². The first-order chi connectivity index (χ1) is 14.1. The number of cyclic esters (lactones) is 1. The number of ketones is 1. The number of hydrogen-bond donors (Lipinski definition) is 2. The van der Waals surface area contributed by atoms with E-state index in [1.807, 2.05) is 13.8 Å². The molecular weight excluding hydrogens is 392 g/mol. The fourth-order valence-electron chi connectivity index (χ4n) is 3.65. The Morgan fingerprint density at radius 1 is 1.17 bits per heavy atom. The number of esters is 1. The van der Waals surface area contributed by atoms with E-state index >= 15 is 0 Å². The number of hydrogen-bond acceptors (Lipinski definition) is 7. The van der Waals surface area contributed by atoms with Crippen molar-refractivity contribution in [3.8, 4) is 0 Å². The number of carbonyl (C=O) groups is 4. The van der Waals surface area contributed by atoms with E-state index in [1.165, 1.54) is 7.05 Å². The van der Waals surface area contributed by atoms with Gasteiger partial charge in [0, 0.05) is 18.9 Å². The van der Waals surface area contributed by atoms with Crippen LogP contribution in [0.25, 0.3) is 0 Å². The van der Waals surface area contributed by atoms with Crippen molar-refractivity contribution >= 4 is 23.9 Å². The third-order valence-electron chi connectivity index (χ3n) is 5.54. The van der Waals surface area contributed by atoms with Crippen LogP contribution in [-0.2, 0) is 23.8 Å². The number of ether oxygens (including phenoxy) is 3. The SMILES string of the molecule is CCC[C@@H](C)C(=O)C(C)C1NC(=O)O[C@]1(C)COC(=O)C(C)CCCOC(=O)NC. The molecule has 0 spiro atoms. The second-order valence-corrected chi connectivity index (χ2v) is 8.24. The van der Waals surface area contributed by atoms with Crippen LogP contribution < -0.4 is 10.6 Å². The number of amides is 2. The van der Waals surface area contributed by atoms with Crippen LogP contribution in [0.2, 0.25) is 0 Å². The summed E-state index contributed by atoms with van der Waals surface area (Å²) in [6.45, 7) is 9.11. The predicted molar refractivity (Wildman–Crippen MR) is 110 cm³/mol. The zero-order chi connectivity index (χ0) is 22.9. The van der Waals surface area contributed by atoms with E-state index in [4.69, 9.17) is 14.2 Å². The van der Waals surface area contributed by atoms with Crippen LogP contribution in [-0.4, -0.2) is 55.8 Å². The summed E-state index contributed by atoms with van der Waals surface area (Å²) in [5.41, 5.74) is -1.13. The molecule has 0 saturated carbocycles. The van der Waals surface area contributed by atoms with Gasteiger partial charge < -0.3 is 24.8 Å². The average Bonchev–Trinajstić information content (AvgIpc) is 3.02. The molecule has 30 heavy (non-hydrogen) atoms. The van der Waals surface area contributed by atoms with Crippen molar-refractivity contribution in [2.45, 2.75) is 71.9 Å². The first-order valence-corrected chi connectivity index (χ1v) is 10.6. The summed E-state index contributed by atoms with van der Waals surface area (Å²) in [5, 5.41) is 5.05. The normalized spacial score (nSPS) is 23.5. The van der Waals surface area contributed by atoms with E-state index < -0.39 is 41.6 Å². The standard InChI is InChI=1S/C21H36N2O7/c1-7-9-13(2)16(24)15(4)17-21(5,30-20(27)23-17)12-29-18(25)14(3)10-8-11-28-19(26)22-6/h13-15,17H,7-12H2,1-6H3,(H,22,26)(H,23,27)/t13-,14?,15?,17?,21-/m1/s1. The van der Waals surface area contributed by atoms with Gasteiger partial charge >= 0.3 is 18.2 Å². The molecule has 1 fully saturated rings. The van der Waals surface area contributed by atoms with Gasteiger partial charge in [-0.25, -0.2) is 9.59 Å². The summed E-state index contributed by atoms with van der Waals surface area (Å²) >= 11 is 0. The van der Waals surface area contributed by atoms with Gasteiger partial charge in [0.1, 0.15) is 12.4 Å². The number of Topliss-reactive ketones (excluding diaryl/α,β-unsaturated/α-hetero) is 1. The van der Waals surface area contributed by atoms with Gasteiger partial charge in [0.15, 0.2) is 5.60 Å². The van der Waals surface area contributed by atoms with E-state index in [0.29, 0.717) is 12.8 Å². The molecule has 1 heterocycles. The number of nitrogens with one attached hydrogen (secondary N) is 2. The molecule has 1 saturated heterocycles. The van der Waals surface area contributed by atoms with Crippen LogP contribution in [0.1, 0.15) is 60.3 Å². The lowest BCUT2D eigenvalue weighted by Gasteiger charge is -2.32. The van der Waals surface area contributed by atoms with Crippen LogP contribution >= 0.6 is 0 Å². The highest BCUT2D eigenvalue weighted by molar-refractivity contribution is 5.85. The number of rotatable bonds is 12. The molecule has 0 aromatic rings. The van der Waals surface area contributed by atoms with Crippen LogP contribution in [0.3, 0.4) is 0 Å². The van der Waals surface area contributed by atoms with Crippen molar-refractivity contribution in [2.24, 2.45) is 17.8 Å². The molecule has 9 heteroatoms. The summed E-state index contributed by atoms with van der Waals surface area (Å²) in [7, 11) is 1.47. The highest BCUT2D eigenvalue weighted by Gasteiger charge is 2.51. The van der Waals surface area contributed by atoms with Crippen molar-refractivity contribution in [3.63, 3.8) is 0 Å². The number of alkyl carbamates (subject to hydrolysis) is 2. The van der Waals surface area contributed by atoms with Crippen molar-refractivity contribution in [1.29, 1.82) is 0 Å². The maximum atomic E-state index is 12.7. The summed E-state index contributed by atoms with van der Waals surface area (Å²) in [6.07, 6.45) is 1.53. The number of carbonyl (C=O) groups excluding carboxylic acids is 4. The van der Waals surface area contributed by atoms with Gasteiger partial charge in [0.25, 0.3) is 0 Å². The maximum Gasteiger partial charge on any atom is 0.408 e. The minimum atomic E-state index is -1.13. The quantitative estimate of drug-likeness (QED) is 0.279. The van der Waals surface area contributed by atoms with Crippen molar-refractivity contribution in [3.05, 3.63) is 0 Å². The van der Waals surface area contributed by atoms with E-state index in [2.05, 4.69) is 10.6 Å². The Balaban J connectivity index is 2.61. The van der Waals surface area contributed by atoms with Crippen LogP contribution in [0.15, 0.2) is 0 Å². The van der Waals surface area contributed by atoms with E-state index in [9.17, 15) is 19.2 Å². The van der Waals surface area contributed by atoms with Gasteiger partial charge in [0.05, 0.1) is 18.6 Å². The summed E-state index contributed by atoms with van der Waals surface area (Å²) in [5.74, 6) is -1.38. The van der Waals surface area contributed by atoms with Crippen molar-refractivity contribution < 1.29 is 33.4 Å². The molecule has 9 nitrogen and oxygen atoms in total. The molecule has 5 atom stereocenters. The molecule has 2 N–H and O–H groups in total. The summed E-state index contributed by atoms with van der Waals surface area (Å²) in [4.78, 5) is 48.0. The third-order valence-corrected chi connectivity index (χ3v) is 5.54. The summed E-state index contributed by atoms with van der Waals surface area (Å²) < 4.78 is 15.7. The Morgan fingerprint density at radius 2 is 1.83 bits per heavy atom. The molecular formula is C21H36N2O7. The lowest BCUT2D eigenvalue weighted by molar-refractivity contribution is -0.155. The molecule has 2 amide bonds. The molecule has 0 aromatic heterocycles. The highest BCUT2D eigenvalue weighted by Crippen LogP contribution is 2.30. The van der Waals surface area contributed by atoms with Crippen LogP contribution in [0.5, 0.6) is 0 Å². The zero-order valence-corrected chi connectivity index (χ0v) is 18.9. The highest BCUT2D eigenvalue weighted by atomic mass is 16.6. The zero-order valence-electron chi connectivity index (χ0n) is 18.9. The van der Waals surface area contributed by atoms with E-state index in [-0.39, 0.29) is 24.9 Å². The van der Waals surface area contributed by atoms with Gasteiger partial charge in [-0.1, -0.05) is 34.1 Å². The topological polar surface area (TPSA) is 120 Å². The first kappa shape index (κ1) is 25.7. The molecule has 3 unspecified atom stereocenters. The van der Waals surface area contributed by atoms with Crippen LogP contribution in [0, 0.1) is 17.8 Å². The maximum absolute atomic E-state index is 12.7. The molecule has 0 aromatic carbocycles. The Labute approximate surface area is 178 Å². The monoisotopic (exact) mass is 428 g/mol. The lowest BCUT2D eigenvalue weighted by Crippen LogP contribution is -2.52. The van der Waals surface area contributed by atoms with Crippen molar-refractivity contribution in [1.82, 2.24) is 10.6 Å². The largest absolute Gasteiger partial charge is 0.461 e. The second-order valence-electron chi connectivity index (χ2n) is 8.24. The molecule has 1 rings (SSSR count). The Hall–Kier alpha value is -2.32. The van der Waals surface area contributed by atoms with Crippen molar-refractivity contribution in [2.75, 3.05) is 20.3 Å². The first-order valence-electron chi connectivity index (χ1n) is 10.6. The Morgan fingerprint density at radius 3 is 2.43 bits per heavy atom. The fourth-order valence-corrected chi connectivity index (χ4v) is 3.65. The molecule has 1 aliphatic rings. The molecule has 0 aliphatic carbocycles. The van der Waals surface area contributed by atoms with E-state index in [0.717, 1.165) is 12.8 Å². The van der Waals surface area contributed by atoms with Gasteiger partial charge in [-0.15, -0.1) is 0 Å². The molecule has 0 bridgehead atoms. The minimum absolute atomic E-state index is 0.0506. The van der Waals surface area contributed by atoms with Gasteiger partial charge in [0.2, 0.25) is 0 Å². The molecule has 0 radical (unpaired) electrons. The van der Waals surface area contributed by atoms with Gasteiger partial charge in [-0.05, 0) is 26.2 Å². The fraction of sp³-hybridized carbons (Fsp3) is 0.810. The van der Waals surface area contributed by atoms with Gasteiger partial charge in [-0.3, -0.25) is 9.59 Å². The predicted octanol–water partition coefficient (Wildman–Crippen LogP) is 2.81. The lowest BCUT2D eigenvalue weighted by atomic mass is 9.81. The molecule has 172 valence electrons. The molecule has 1 aliphatic heterocycles. The smallest absolute Gasteiger partial charge is 0.408 e.